The van der Waals surface area contributed by atoms with Crippen molar-refractivity contribution in [3.8, 4) is 0 Å². The quantitative estimate of drug-likeness (QED) is 0.197. The van der Waals surface area contributed by atoms with Gasteiger partial charge >= 0.3 is 7.60 Å². The maximum Gasteiger partial charge on any atom is 0.341 e. The number of hydrogen-bond acceptors (Lipinski definition) is 4. The van der Waals surface area contributed by atoms with Gasteiger partial charge in [-0.15, -0.1) is 0 Å². The Morgan fingerprint density at radius 3 is 2.12 bits per heavy atom. The molecule has 0 aromatic heterocycles. The van der Waals surface area contributed by atoms with Crippen molar-refractivity contribution in [3.05, 3.63) is 33.4 Å². The van der Waals surface area contributed by atoms with Crippen LogP contribution < -0.4 is 0 Å². The SMILES string of the molecule is CCOP(=O)(OCC)C(CCCCCCc1ccc(I)cc1)C(C)=O. The molecule has 4 nitrogen and oxygen atoms in total. The molecule has 0 saturated carbocycles. The van der Waals surface area contributed by atoms with Crippen molar-refractivity contribution < 1.29 is 18.4 Å². The number of unbranched alkanes of at least 4 members (excludes halogenated alkanes) is 3. The summed E-state index contributed by atoms with van der Waals surface area (Å²) < 4.78 is 24.8. The van der Waals surface area contributed by atoms with E-state index in [9.17, 15) is 9.36 Å². The molecule has 0 bridgehead atoms. The fraction of sp³-hybridized carbons (Fsp3) is 0.632. The summed E-state index contributed by atoms with van der Waals surface area (Å²) in [6.45, 7) is 5.60. The molecule has 0 aliphatic rings. The number of ketones is 1. The largest absolute Gasteiger partial charge is 0.341 e. The maximum absolute atomic E-state index is 12.8. The maximum atomic E-state index is 12.8. The number of halogens is 1. The van der Waals surface area contributed by atoms with E-state index in [1.54, 1.807) is 13.8 Å². The molecule has 0 heterocycles. The van der Waals surface area contributed by atoms with Crippen LogP contribution in [0.5, 0.6) is 0 Å². The molecule has 0 fully saturated rings. The predicted molar refractivity (Wildman–Crippen MR) is 111 cm³/mol. The summed E-state index contributed by atoms with van der Waals surface area (Å²) in [4.78, 5) is 11.9. The molecular weight excluding hydrogens is 450 g/mol. The Morgan fingerprint density at radius 2 is 1.60 bits per heavy atom. The molecule has 0 N–H and O–H groups in total. The van der Waals surface area contributed by atoms with Gasteiger partial charge in [-0.3, -0.25) is 9.36 Å². The van der Waals surface area contributed by atoms with Gasteiger partial charge in [0.15, 0.2) is 0 Å². The number of aryl methyl sites for hydroxylation is 1. The molecule has 0 radical (unpaired) electrons. The molecule has 1 unspecified atom stereocenters. The fourth-order valence-electron chi connectivity index (χ4n) is 2.83. The number of hydrogen-bond donors (Lipinski definition) is 0. The van der Waals surface area contributed by atoms with Gasteiger partial charge in [-0.05, 0) is 80.3 Å². The zero-order valence-electron chi connectivity index (χ0n) is 15.5. The van der Waals surface area contributed by atoms with Gasteiger partial charge in [-0.1, -0.05) is 31.4 Å². The lowest BCUT2D eigenvalue weighted by Crippen LogP contribution is -2.21. The Morgan fingerprint density at radius 1 is 1.04 bits per heavy atom. The van der Waals surface area contributed by atoms with Crippen LogP contribution in [0.1, 0.15) is 58.4 Å². The van der Waals surface area contributed by atoms with Gasteiger partial charge in [0.05, 0.1) is 13.2 Å². The molecule has 1 aromatic carbocycles. The second kappa shape index (κ2) is 12.2. The molecule has 0 saturated heterocycles. The van der Waals surface area contributed by atoms with Gasteiger partial charge in [0, 0.05) is 3.57 Å². The fourth-order valence-corrected chi connectivity index (χ4v) is 5.29. The molecule has 1 aromatic rings. The van der Waals surface area contributed by atoms with Crippen LogP contribution in [0, 0.1) is 3.57 Å². The Bertz CT molecular complexity index is 549. The predicted octanol–water partition coefficient (Wildman–Crippen LogP) is 6.01. The van der Waals surface area contributed by atoms with E-state index in [-0.39, 0.29) is 19.0 Å². The lowest BCUT2D eigenvalue weighted by atomic mass is 10.0. The minimum Gasteiger partial charge on any atom is -0.308 e. The van der Waals surface area contributed by atoms with Gasteiger partial charge in [-0.2, -0.15) is 0 Å². The molecule has 25 heavy (non-hydrogen) atoms. The first kappa shape index (κ1) is 22.8. The number of carbonyl (C=O) groups is 1. The van der Waals surface area contributed by atoms with Crippen molar-refractivity contribution in [2.24, 2.45) is 0 Å². The van der Waals surface area contributed by atoms with Crippen LogP contribution in [0.2, 0.25) is 0 Å². The van der Waals surface area contributed by atoms with Gasteiger partial charge in [-0.25, -0.2) is 0 Å². The van der Waals surface area contributed by atoms with Crippen molar-refractivity contribution in [1.82, 2.24) is 0 Å². The smallest absolute Gasteiger partial charge is 0.308 e. The van der Waals surface area contributed by atoms with E-state index in [2.05, 4.69) is 46.9 Å². The van der Waals surface area contributed by atoms with Gasteiger partial charge in [0.2, 0.25) is 0 Å². The van der Waals surface area contributed by atoms with Crippen LogP contribution in [0.4, 0.5) is 0 Å². The summed E-state index contributed by atoms with van der Waals surface area (Å²) in [6.07, 6.45) is 5.75. The summed E-state index contributed by atoms with van der Waals surface area (Å²) in [7, 11) is -3.34. The van der Waals surface area contributed by atoms with E-state index in [1.807, 2.05) is 0 Å². The van der Waals surface area contributed by atoms with Gasteiger partial charge in [0.1, 0.15) is 11.4 Å². The second-order valence-corrected chi connectivity index (χ2v) is 9.55. The zero-order chi connectivity index (χ0) is 18.7. The van der Waals surface area contributed by atoms with Crippen LogP contribution >= 0.6 is 30.2 Å². The average molecular weight is 480 g/mol. The summed E-state index contributed by atoms with van der Waals surface area (Å²) in [6, 6.07) is 8.61. The molecule has 1 rings (SSSR count). The summed E-state index contributed by atoms with van der Waals surface area (Å²) in [5.74, 6) is -0.107. The first-order valence-corrected chi connectivity index (χ1v) is 11.8. The Kier molecular flexibility index (Phi) is 11.1. The third-order valence-corrected chi connectivity index (χ3v) is 7.42. The molecule has 1 atom stereocenters. The number of Topliss-reactive ketones (excluding diaryl/α,β-unsaturated/α-hetero) is 1. The zero-order valence-corrected chi connectivity index (χ0v) is 18.6. The van der Waals surface area contributed by atoms with Crippen molar-refractivity contribution in [1.29, 1.82) is 0 Å². The van der Waals surface area contributed by atoms with E-state index < -0.39 is 13.3 Å². The van der Waals surface area contributed by atoms with Crippen LogP contribution in [-0.4, -0.2) is 24.7 Å². The van der Waals surface area contributed by atoms with E-state index in [0.29, 0.717) is 6.42 Å². The van der Waals surface area contributed by atoms with E-state index in [4.69, 9.17) is 9.05 Å². The van der Waals surface area contributed by atoms with Crippen LogP contribution in [0.15, 0.2) is 24.3 Å². The minimum absolute atomic E-state index is 0.107. The highest BCUT2D eigenvalue weighted by Crippen LogP contribution is 2.54. The average Bonchev–Trinajstić information content (AvgIpc) is 2.55. The number of rotatable bonds is 13. The first-order valence-electron chi connectivity index (χ1n) is 9.06. The van der Waals surface area contributed by atoms with E-state index in [0.717, 1.165) is 32.1 Å². The Labute approximate surface area is 165 Å². The lowest BCUT2D eigenvalue weighted by Gasteiger charge is -2.24. The highest BCUT2D eigenvalue weighted by molar-refractivity contribution is 14.1. The van der Waals surface area contributed by atoms with Crippen molar-refractivity contribution in [3.63, 3.8) is 0 Å². The number of carbonyl (C=O) groups excluding carboxylic acids is 1. The summed E-state index contributed by atoms with van der Waals surface area (Å²) in [5.41, 5.74) is 0.725. The molecule has 0 spiro atoms. The normalized spacial score (nSPS) is 13.0. The molecule has 6 heteroatoms. The third-order valence-electron chi connectivity index (χ3n) is 4.08. The Hall–Kier alpha value is -0.230. The third kappa shape index (κ3) is 8.33. The Balaban J connectivity index is 2.38. The second-order valence-electron chi connectivity index (χ2n) is 6.08. The van der Waals surface area contributed by atoms with Gasteiger partial charge < -0.3 is 9.05 Å². The molecular formula is C19H30IO4P. The topological polar surface area (TPSA) is 52.6 Å². The highest BCUT2D eigenvalue weighted by atomic mass is 127. The van der Waals surface area contributed by atoms with E-state index in [1.165, 1.54) is 16.1 Å². The minimum atomic E-state index is -3.34. The van der Waals surface area contributed by atoms with Crippen LogP contribution in [0.3, 0.4) is 0 Å². The molecule has 0 amide bonds. The van der Waals surface area contributed by atoms with Crippen LogP contribution in [-0.2, 0) is 24.8 Å². The van der Waals surface area contributed by atoms with Crippen molar-refractivity contribution in [2.45, 2.75) is 65.0 Å². The van der Waals surface area contributed by atoms with Crippen molar-refractivity contribution >= 4 is 36.0 Å². The standard InChI is InChI=1S/C19H30IO4P/c1-4-23-25(22,24-5-2)19(16(3)21)11-9-7-6-8-10-17-12-14-18(20)15-13-17/h12-15,19H,4-11H2,1-3H3. The van der Waals surface area contributed by atoms with E-state index >= 15 is 0 Å². The molecule has 0 aliphatic heterocycles. The lowest BCUT2D eigenvalue weighted by molar-refractivity contribution is -0.117. The summed E-state index contributed by atoms with van der Waals surface area (Å²) >= 11 is 2.31. The highest BCUT2D eigenvalue weighted by Gasteiger charge is 2.38. The van der Waals surface area contributed by atoms with Gasteiger partial charge in [0.25, 0.3) is 0 Å². The van der Waals surface area contributed by atoms with Crippen LogP contribution in [0.25, 0.3) is 0 Å². The monoisotopic (exact) mass is 480 g/mol. The first-order chi connectivity index (χ1) is 11.9. The number of benzene rings is 1. The van der Waals surface area contributed by atoms with Crippen molar-refractivity contribution in [2.75, 3.05) is 13.2 Å². The molecule has 0 aliphatic carbocycles. The molecule has 142 valence electrons. The summed E-state index contributed by atoms with van der Waals surface area (Å²) in [5, 5.41) is 0.